The first-order valence-electron chi connectivity index (χ1n) is 5.73. The molecule has 1 saturated carbocycles. The molecule has 0 saturated heterocycles. The first-order chi connectivity index (χ1) is 6.71. The quantitative estimate of drug-likeness (QED) is 0.712. The van der Waals surface area contributed by atoms with Crippen molar-refractivity contribution in [2.75, 3.05) is 0 Å². The summed E-state index contributed by atoms with van der Waals surface area (Å²) in [6.07, 6.45) is 10.4. The molecule has 2 aliphatic carbocycles. The van der Waals surface area contributed by atoms with Crippen LogP contribution in [0.5, 0.6) is 0 Å². The fraction of sp³-hybridized carbons (Fsp3) is 0.818. The van der Waals surface area contributed by atoms with Crippen LogP contribution in [-0.2, 0) is 4.57 Å². The molecule has 0 aromatic rings. The minimum Gasteiger partial charge on any atom is -0.341 e. The Balaban J connectivity index is 2.13. The molecule has 1 unspecified atom stereocenters. The van der Waals surface area contributed by atoms with Crippen LogP contribution < -0.4 is 0 Å². The monoisotopic (exact) mass is 214 g/mol. The third kappa shape index (κ3) is 1.97. The summed E-state index contributed by atoms with van der Waals surface area (Å²) in [5, 5.41) is 0.885. The lowest BCUT2D eigenvalue weighted by Crippen LogP contribution is -2.06. The van der Waals surface area contributed by atoms with E-state index in [4.69, 9.17) is 0 Å². The van der Waals surface area contributed by atoms with E-state index in [1.54, 1.807) is 0 Å². The highest BCUT2D eigenvalue weighted by Gasteiger charge is 2.36. The van der Waals surface area contributed by atoms with Crippen LogP contribution in [0.15, 0.2) is 11.4 Å². The van der Waals surface area contributed by atoms with Gasteiger partial charge in [-0.25, -0.2) is 0 Å². The minimum absolute atomic E-state index is 0.0897. The highest BCUT2D eigenvalue weighted by atomic mass is 31.2. The lowest BCUT2D eigenvalue weighted by Gasteiger charge is -2.23. The van der Waals surface area contributed by atoms with E-state index in [0.717, 1.165) is 50.3 Å². The van der Waals surface area contributed by atoms with Gasteiger partial charge in [-0.05, 0) is 38.5 Å². The average molecular weight is 214 g/mol. The van der Waals surface area contributed by atoms with Gasteiger partial charge in [0.15, 0.2) is 0 Å². The molecule has 0 bridgehead atoms. The Labute approximate surface area is 85.9 Å². The van der Waals surface area contributed by atoms with Crippen molar-refractivity contribution in [3.05, 3.63) is 11.4 Å². The Morgan fingerprint density at radius 3 is 2.50 bits per heavy atom. The van der Waals surface area contributed by atoms with Gasteiger partial charge in [0.2, 0.25) is 7.37 Å². The molecule has 0 radical (unpaired) electrons. The summed E-state index contributed by atoms with van der Waals surface area (Å²) in [4.78, 5) is 10.1. The van der Waals surface area contributed by atoms with Crippen LogP contribution in [0.4, 0.5) is 0 Å². The fourth-order valence-electron chi connectivity index (χ4n) is 2.60. The van der Waals surface area contributed by atoms with E-state index in [9.17, 15) is 9.46 Å². The van der Waals surface area contributed by atoms with Crippen LogP contribution in [0.25, 0.3) is 0 Å². The molecule has 2 aliphatic rings. The van der Waals surface area contributed by atoms with E-state index in [-0.39, 0.29) is 5.66 Å². The molecule has 0 amide bonds. The van der Waals surface area contributed by atoms with Crippen LogP contribution in [0.2, 0.25) is 0 Å². The zero-order chi connectivity index (χ0) is 10.0. The maximum Gasteiger partial charge on any atom is 0.228 e. The van der Waals surface area contributed by atoms with Crippen molar-refractivity contribution in [3.8, 4) is 0 Å². The summed E-state index contributed by atoms with van der Waals surface area (Å²) in [5.41, 5.74) is 0.0897. The molecule has 0 heterocycles. The first-order valence-corrected chi connectivity index (χ1v) is 7.46. The second-order valence-electron chi connectivity index (χ2n) is 4.50. The lowest BCUT2D eigenvalue weighted by atomic mass is 10.1. The maximum atomic E-state index is 12.3. The zero-order valence-electron chi connectivity index (χ0n) is 8.61. The summed E-state index contributed by atoms with van der Waals surface area (Å²) < 4.78 is 12.3. The molecule has 14 heavy (non-hydrogen) atoms. The lowest BCUT2D eigenvalue weighted by molar-refractivity contribution is 0.466. The molecule has 80 valence electrons. The van der Waals surface area contributed by atoms with Crippen molar-refractivity contribution in [2.45, 2.75) is 57.0 Å². The Hall–Kier alpha value is -0.0700. The van der Waals surface area contributed by atoms with Crippen LogP contribution in [-0.4, -0.2) is 10.6 Å². The van der Waals surface area contributed by atoms with Crippen molar-refractivity contribution < 1.29 is 9.46 Å². The SMILES string of the molecule is O=P(O)(C1=CCCCC1)C1CCCC1. The van der Waals surface area contributed by atoms with Gasteiger partial charge in [0, 0.05) is 11.0 Å². The number of hydrogen-bond acceptors (Lipinski definition) is 1. The predicted octanol–water partition coefficient (Wildman–Crippen LogP) is 3.66. The summed E-state index contributed by atoms with van der Waals surface area (Å²) in [6.45, 7) is 0. The van der Waals surface area contributed by atoms with Gasteiger partial charge in [-0.1, -0.05) is 18.9 Å². The highest BCUT2D eigenvalue weighted by Crippen LogP contribution is 2.61. The normalized spacial score (nSPS) is 28.5. The second kappa shape index (κ2) is 4.20. The summed E-state index contributed by atoms with van der Waals surface area (Å²) in [7, 11) is -2.95. The van der Waals surface area contributed by atoms with Crippen LogP contribution in [0, 0.1) is 0 Å². The number of allylic oxidation sites excluding steroid dienone is 2. The molecule has 3 heteroatoms. The molecule has 1 atom stereocenters. The number of rotatable bonds is 2. The van der Waals surface area contributed by atoms with Gasteiger partial charge in [-0.2, -0.15) is 0 Å². The van der Waals surface area contributed by atoms with Crippen LogP contribution in [0.3, 0.4) is 0 Å². The van der Waals surface area contributed by atoms with Crippen molar-refractivity contribution in [1.82, 2.24) is 0 Å². The van der Waals surface area contributed by atoms with Crippen molar-refractivity contribution in [1.29, 1.82) is 0 Å². The van der Waals surface area contributed by atoms with Gasteiger partial charge in [-0.15, -0.1) is 0 Å². The summed E-state index contributed by atoms with van der Waals surface area (Å²) >= 11 is 0. The molecule has 0 aliphatic heterocycles. The standard InChI is InChI=1S/C11H19O2P/c12-14(13,11-8-4-5-9-11)10-6-2-1-3-7-10/h6,11H,1-5,7-9H2,(H,12,13). The maximum absolute atomic E-state index is 12.3. The molecular formula is C11H19O2P. The van der Waals surface area contributed by atoms with Gasteiger partial charge < -0.3 is 4.89 Å². The van der Waals surface area contributed by atoms with Crippen LogP contribution >= 0.6 is 7.37 Å². The van der Waals surface area contributed by atoms with Gasteiger partial charge in [0.1, 0.15) is 0 Å². The van der Waals surface area contributed by atoms with E-state index < -0.39 is 7.37 Å². The zero-order valence-corrected chi connectivity index (χ0v) is 9.51. The van der Waals surface area contributed by atoms with Gasteiger partial charge in [0.05, 0.1) is 0 Å². The second-order valence-corrected chi connectivity index (χ2v) is 7.05. The highest BCUT2D eigenvalue weighted by molar-refractivity contribution is 7.63. The molecule has 0 aromatic carbocycles. The first kappa shape index (κ1) is 10.4. The fourth-order valence-corrected chi connectivity index (χ4v) is 5.00. The van der Waals surface area contributed by atoms with Crippen LogP contribution in [0.1, 0.15) is 51.4 Å². The Bertz CT molecular complexity index is 277. The van der Waals surface area contributed by atoms with Crippen molar-refractivity contribution >= 4 is 7.37 Å². The smallest absolute Gasteiger partial charge is 0.228 e. The van der Waals surface area contributed by atoms with E-state index in [2.05, 4.69) is 0 Å². The largest absolute Gasteiger partial charge is 0.341 e. The summed E-state index contributed by atoms with van der Waals surface area (Å²) in [5.74, 6) is 0. The van der Waals surface area contributed by atoms with E-state index in [1.165, 1.54) is 6.42 Å². The van der Waals surface area contributed by atoms with Gasteiger partial charge in [0.25, 0.3) is 0 Å². The Kier molecular flexibility index (Phi) is 3.14. The molecular weight excluding hydrogens is 195 g/mol. The average Bonchev–Trinajstić information content (AvgIpc) is 2.72. The molecule has 0 aromatic heterocycles. The van der Waals surface area contributed by atoms with E-state index in [0.29, 0.717) is 0 Å². The van der Waals surface area contributed by atoms with Crippen molar-refractivity contribution in [2.24, 2.45) is 0 Å². The topological polar surface area (TPSA) is 37.3 Å². The predicted molar refractivity (Wildman–Crippen MR) is 58.6 cm³/mol. The Morgan fingerprint density at radius 2 is 1.93 bits per heavy atom. The third-order valence-corrected chi connectivity index (χ3v) is 6.23. The molecule has 1 fully saturated rings. The molecule has 1 N–H and O–H groups in total. The molecule has 2 rings (SSSR count). The van der Waals surface area contributed by atoms with E-state index >= 15 is 0 Å². The van der Waals surface area contributed by atoms with Gasteiger partial charge in [-0.3, -0.25) is 4.57 Å². The molecule has 0 spiro atoms. The third-order valence-electron chi connectivity index (χ3n) is 3.50. The summed E-state index contributed by atoms with van der Waals surface area (Å²) in [6, 6.07) is 0. The van der Waals surface area contributed by atoms with Crippen molar-refractivity contribution in [3.63, 3.8) is 0 Å². The van der Waals surface area contributed by atoms with Gasteiger partial charge >= 0.3 is 0 Å². The van der Waals surface area contributed by atoms with E-state index in [1.807, 2.05) is 6.08 Å². The minimum atomic E-state index is -2.95. The number of hydrogen-bond donors (Lipinski definition) is 1. The Morgan fingerprint density at radius 1 is 1.21 bits per heavy atom. The molecule has 2 nitrogen and oxygen atoms in total.